The Bertz CT molecular complexity index is 406. The fraction of sp³-hybridized carbons (Fsp3) is 0.786. The number of aromatic nitrogens is 2. The van der Waals surface area contributed by atoms with Crippen molar-refractivity contribution >= 4 is 11.6 Å². The summed E-state index contributed by atoms with van der Waals surface area (Å²) in [4.78, 5) is 0. The lowest BCUT2D eigenvalue weighted by molar-refractivity contribution is 0.190. The summed E-state index contributed by atoms with van der Waals surface area (Å²) < 4.78 is 6.96. The van der Waals surface area contributed by atoms with Crippen molar-refractivity contribution in [3.05, 3.63) is 16.4 Å². The first-order valence-corrected chi connectivity index (χ1v) is 7.19. The topological polar surface area (TPSA) is 39.1 Å². The molecule has 1 unspecified atom stereocenters. The summed E-state index contributed by atoms with van der Waals surface area (Å²) in [5, 5.41) is 8.63. The summed E-state index contributed by atoms with van der Waals surface area (Å²) in [6.45, 7) is 9.02. The second-order valence-electron chi connectivity index (χ2n) is 5.48. The molecule has 0 radical (unpaired) electrons. The molecule has 0 fully saturated rings. The molecule has 5 heteroatoms. The monoisotopic (exact) mass is 287 g/mol. The minimum absolute atomic E-state index is 0.178. The van der Waals surface area contributed by atoms with Gasteiger partial charge in [0.2, 0.25) is 0 Å². The Morgan fingerprint density at radius 3 is 2.63 bits per heavy atom. The van der Waals surface area contributed by atoms with Crippen LogP contribution in [0.15, 0.2) is 0 Å². The molecule has 0 bridgehead atoms. The molecule has 1 rings (SSSR count). The van der Waals surface area contributed by atoms with Crippen LogP contribution >= 0.6 is 11.6 Å². The number of hydrogen-bond donors (Lipinski definition) is 1. The van der Waals surface area contributed by atoms with Gasteiger partial charge in [0.15, 0.2) is 0 Å². The summed E-state index contributed by atoms with van der Waals surface area (Å²) in [7, 11) is 3.68. The van der Waals surface area contributed by atoms with E-state index in [4.69, 9.17) is 16.3 Å². The Hall–Kier alpha value is -0.580. The van der Waals surface area contributed by atoms with Gasteiger partial charge in [-0.1, -0.05) is 25.4 Å². The third kappa shape index (κ3) is 4.48. The summed E-state index contributed by atoms with van der Waals surface area (Å²) >= 11 is 6.34. The third-order valence-electron chi connectivity index (χ3n) is 3.74. The maximum atomic E-state index is 6.34. The highest BCUT2D eigenvalue weighted by Gasteiger charge is 2.26. The van der Waals surface area contributed by atoms with E-state index < -0.39 is 0 Å². The molecule has 0 spiro atoms. The number of aryl methyl sites for hydroxylation is 2. The van der Waals surface area contributed by atoms with Crippen LogP contribution in [0.2, 0.25) is 5.02 Å². The average molecular weight is 288 g/mol. The minimum Gasteiger partial charge on any atom is -0.383 e. The van der Waals surface area contributed by atoms with E-state index in [0.717, 1.165) is 48.9 Å². The minimum atomic E-state index is 0.178. The van der Waals surface area contributed by atoms with E-state index in [0.29, 0.717) is 0 Å². The van der Waals surface area contributed by atoms with Crippen molar-refractivity contribution in [3.63, 3.8) is 0 Å². The van der Waals surface area contributed by atoms with Gasteiger partial charge in [-0.25, -0.2) is 0 Å². The molecular formula is C14H26ClN3O. The molecule has 1 atom stereocenters. The van der Waals surface area contributed by atoms with Crippen LogP contribution in [0.25, 0.3) is 0 Å². The third-order valence-corrected chi connectivity index (χ3v) is 4.24. The van der Waals surface area contributed by atoms with Crippen LogP contribution < -0.4 is 5.32 Å². The van der Waals surface area contributed by atoms with Crippen molar-refractivity contribution in [3.8, 4) is 0 Å². The molecule has 110 valence electrons. The summed E-state index contributed by atoms with van der Waals surface area (Å²) in [5.74, 6) is 0. The number of ether oxygens (including phenoxy) is 1. The van der Waals surface area contributed by atoms with E-state index in [1.54, 1.807) is 7.11 Å². The van der Waals surface area contributed by atoms with Crippen LogP contribution in [-0.2, 0) is 18.2 Å². The van der Waals surface area contributed by atoms with Crippen molar-refractivity contribution in [1.82, 2.24) is 15.1 Å². The maximum Gasteiger partial charge on any atom is 0.0847 e. The molecule has 0 amide bonds. The normalized spacial score (nSPS) is 14.6. The zero-order chi connectivity index (χ0) is 14.5. The van der Waals surface area contributed by atoms with Crippen molar-refractivity contribution in [2.75, 3.05) is 26.8 Å². The number of halogens is 1. The zero-order valence-corrected chi connectivity index (χ0v) is 13.5. The van der Waals surface area contributed by atoms with Gasteiger partial charge < -0.3 is 10.1 Å². The molecule has 19 heavy (non-hydrogen) atoms. The van der Waals surface area contributed by atoms with Gasteiger partial charge in [-0.15, -0.1) is 0 Å². The molecule has 0 aliphatic rings. The summed E-state index contributed by atoms with van der Waals surface area (Å²) in [6.07, 6.45) is 2.02. The number of nitrogens with one attached hydrogen (secondary N) is 1. The molecule has 0 saturated heterocycles. The summed E-state index contributed by atoms with van der Waals surface area (Å²) in [6, 6.07) is 0. The average Bonchev–Trinajstić information content (AvgIpc) is 2.61. The zero-order valence-electron chi connectivity index (χ0n) is 12.7. The van der Waals surface area contributed by atoms with Crippen LogP contribution in [0.1, 0.15) is 31.7 Å². The van der Waals surface area contributed by atoms with Crippen LogP contribution in [-0.4, -0.2) is 36.6 Å². The summed E-state index contributed by atoms with van der Waals surface area (Å²) in [5.41, 5.74) is 2.21. The molecule has 0 aromatic carbocycles. The first kappa shape index (κ1) is 16.5. The molecule has 0 aliphatic carbocycles. The first-order valence-electron chi connectivity index (χ1n) is 6.81. The Morgan fingerprint density at radius 2 is 2.16 bits per heavy atom. The molecule has 1 aromatic heterocycles. The SMILES string of the molecule is CCC(C)(CNCCOC)Cc1c(Cl)c(C)nn1C. The Kier molecular flexibility index (Phi) is 6.30. The Balaban J connectivity index is 2.69. The highest BCUT2D eigenvalue weighted by atomic mass is 35.5. The predicted octanol–water partition coefficient (Wildman–Crippen LogP) is 2.58. The molecule has 4 nitrogen and oxygen atoms in total. The maximum absolute atomic E-state index is 6.34. The lowest BCUT2D eigenvalue weighted by Crippen LogP contribution is -2.35. The highest BCUT2D eigenvalue weighted by Crippen LogP contribution is 2.30. The molecule has 1 heterocycles. The van der Waals surface area contributed by atoms with E-state index in [9.17, 15) is 0 Å². The first-order chi connectivity index (χ1) is 8.93. The number of nitrogens with zero attached hydrogens (tertiary/aromatic N) is 2. The van der Waals surface area contributed by atoms with Crippen molar-refractivity contribution in [2.45, 2.75) is 33.6 Å². The highest BCUT2D eigenvalue weighted by molar-refractivity contribution is 6.31. The largest absolute Gasteiger partial charge is 0.383 e. The van der Waals surface area contributed by atoms with Gasteiger partial charge in [0.25, 0.3) is 0 Å². The fourth-order valence-corrected chi connectivity index (χ4v) is 2.38. The quantitative estimate of drug-likeness (QED) is 0.747. The number of methoxy groups -OCH3 is 1. The second kappa shape index (κ2) is 7.27. The molecule has 1 aromatic rings. The van der Waals surface area contributed by atoms with Crippen molar-refractivity contribution in [2.24, 2.45) is 12.5 Å². The van der Waals surface area contributed by atoms with Gasteiger partial charge in [0.1, 0.15) is 0 Å². The van der Waals surface area contributed by atoms with Gasteiger partial charge in [-0.3, -0.25) is 4.68 Å². The number of rotatable bonds is 8. The Labute approximate surface area is 121 Å². The predicted molar refractivity (Wildman–Crippen MR) is 79.8 cm³/mol. The molecule has 1 N–H and O–H groups in total. The smallest absolute Gasteiger partial charge is 0.0847 e. The van der Waals surface area contributed by atoms with E-state index in [1.807, 2.05) is 18.7 Å². The Morgan fingerprint density at radius 1 is 1.47 bits per heavy atom. The number of hydrogen-bond acceptors (Lipinski definition) is 3. The molecule has 0 saturated carbocycles. The van der Waals surface area contributed by atoms with Crippen LogP contribution in [0, 0.1) is 12.3 Å². The van der Waals surface area contributed by atoms with Gasteiger partial charge in [-0.2, -0.15) is 5.10 Å². The van der Waals surface area contributed by atoms with Crippen molar-refractivity contribution in [1.29, 1.82) is 0 Å². The van der Waals surface area contributed by atoms with Crippen LogP contribution in [0.4, 0.5) is 0 Å². The second-order valence-corrected chi connectivity index (χ2v) is 5.86. The van der Waals surface area contributed by atoms with Crippen LogP contribution in [0.3, 0.4) is 0 Å². The van der Waals surface area contributed by atoms with Gasteiger partial charge in [0, 0.05) is 27.2 Å². The van der Waals surface area contributed by atoms with E-state index in [-0.39, 0.29) is 5.41 Å². The molecule has 0 aliphatic heterocycles. The lowest BCUT2D eigenvalue weighted by atomic mass is 9.82. The molecular weight excluding hydrogens is 262 g/mol. The van der Waals surface area contributed by atoms with Gasteiger partial charge in [-0.05, 0) is 25.2 Å². The van der Waals surface area contributed by atoms with Crippen LogP contribution in [0.5, 0.6) is 0 Å². The van der Waals surface area contributed by atoms with Gasteiger partial charge >= 0.3 is 0 Å². The lowest BCUT2D eigenvalue weighted by Gasteiger charge is -2.29. The van der Waals surface area contributed by atoms with Crippen molar-refractivity contribution < 1.29 is 4.74 Å². The van der Waals surface area contributed by atoms with E-state index >= 15 is 0 Å². The van der Waals surface area contributed by atoms with Gasteiger partial charge in [0.05, 0.1) is 23.0 Å². The van der Waals surface area contributed by atoms with E-state index in [1.165, 1.54) is 0 Å². The standard InChI is InChI=1S/C14H26ClN3O/c1-6-14(3,10-16-7-8-19-5)9-12-13(15)11(2)17-18(12)4/h16H,6-10H2,1-5H3. The van der Waals surface area contributed by atoms with E-state index in [2.05, 4.69) is 24.3 Å². The fourth-order valence-electron chi connectivity index (χ4n) is 2.15.